The van der Waals surface area contributed by atoms with Gasteiger partial charge in [0.15, 0.2) is 0 Å². The molecule has 1 unspecified atom stereocenters. The Labute approximate surface area is 125 Å². The van der Waals surface area contributed by atoms with E-state index in [0.29, 0.717) is 29.9 Å². The summed E-state index contributed by atoms with van der Waals surface area (Å²) in [4.78, 5) is 0.331. The van der Waals surface area contributed by atoms with Crippen LogP contribution in [0.5, 0.6) is 0 Å². The van der Waals surface area contributed by atoms with Crippen LogP contribution in [0.1, 0.15) is 37.4 Å². The molecule has 118 valence electrons. The summed E-state index contributed by atoms with van der Waals surface area (Å²) in [5.41, 5.74) is 6.60. The SMILES string of the molecule is NCc1cc(S(=O)(=O)NCCC2CCOC2)cn1C1CC1. The number of nitrogens with one attached hydrogen (secondary N) is 1. The molecule has 3 N–H and O–H groups in total. The molecule has 1 saturated carbocycles. The maximum atomic E-state index is 12.3. The smallest absolute Gasteiger partial charge is 0.242 e. The van der Waals surface area contributed by atoms with Crippen molar-refractivity contribution >= 4 is 10.0 Å². The van der Waals surface area contributed by atoms with E-state index in [2.05, 4.69) is 4.72 Å². The molecule has 3 rings (SSSR count). The molecule has 2 heterocycles. The fourth-order valence-electron chi connectivity index (χ4n) is 2.79. The van der Waals surface area contributed by atoms with Gasteiger partial charge < -0.3 is 15.0 Å². The van der Waals surface area contributed by atoms with Gasteiger partial charge in [-0.3, -0.25) is 0 Å². The Morgan fingerprint density at radius 1 is 1.38 bits per heavy atom. The van der Waals surface area contributed by atoms with Crippen molar-refractivity contribution in [2.45, 2.75) is 43.2 Å². The molecule has 0 aromatic carbocycles. The van der Waals surface area contributed by atoms with Crippen molar-refractivity contribution in [3.05, 3.63) is 18.0 Å². The molecule has 0 amide bonds. The van der Waals surface area contributed by atoms with Crippen LogP contribution in [-0.4, -0.2) is 32.7 Å². The Kier molecular flexibility index (Phi) is 4.35. The van der Waals surface area contributed by atoms with Crippen LogP contribution in [0.25, 0.3) is 0 Å². The summed E-state index contributed by atoms with van der Waals surface area (Å²) in [7, 11) is -3.44. The zero-order valence-corrected chi connectivity index (χ0v) is 12.9. The zero-order chi connectivity index (χ0) is 14.9. The Balaban J connectivity index is 1.63. The normalized spacial score (nSPS) is 22.8. The van der Waals surface area contributed by atoms with E-state index in [1.54, 1.807) is 12.3 Å². The Morgan fingerprint density at radius 2 is 2.19 bits per heavy atom. The molecule has 1 atom stereocenters. The summed E-state index contributed by atoms with van der Waals surface area (Å²) >= 11 is 0. The molecule has 1 aromatic rings. The number of ether oxygens (including phenoxy) is 1. The van der Waals surface area contributed by atoms with Gasteiger partial charge in [-0.1, -0.05) is 0 Å². The largest absolute Gasteiger partial charge is 0.381 e. The van der Waals surface area contributed by atoms with Crippen LogP contribution in [0, 0.1) is 5.92 Å². The highest BCUT2D eigenvalue weighted by Crippen LogP contribution is 2.37. The van der Waals surface area contributed by atoms with Gasteiger partial charge >= 0.3 is 0 Å². The highest BCUT2D eigenvalue weighted by Gasteiger charge is 2.28. The second-order valence-corrected chi connectivity index (χ2v) is 7.69. The van der Waals surface area contributed by atoms with Crippen LogP contribution in [0.15, 0.2) is 17.2 Å². The highest BCUT2D eigenvalue weighted by molar-refractivity contribution is 7.89. The average Bonchev–Trinajstić information content (AvgIpc) is 3.00. The predicted molar refractivity (Wildman–Crippen MR) is 79.3 cm³/mol. The van der Waals surface area contributed by atoms with Crippen molar-refractivity contribution in [1.82, 2.24) is 9.29 Å². The lowest BCUT2D eigenvalue weighted by Gasteiger charge is -2.08. The van der Waals surface area contributed by atoms with Crippen LogP contribution in [-0.2, 0) is 21.3 Å². The van der Waals surface area contributed by atoms with Crippen LogP contribution in [0.4, 0.5) is 0 Å². The van der Waals surface area contributed by atoms with Crippen molar-refractivity contribution in [2.24, 2.45) is 11.7 Å². The van der Waals surface area contributed by atoms with Crippen molar-refractivity contribution in [1.29, 1.82) is 0 Å². The number of hydrogen-bond donors (Lipinski definition) is 2. The fraction of sp³-hybridized carbons (Fsp3) is 0.714. The maximum Gasteiger partial charge on any atom is 0.242 e. The molecule has 1 saturated heterocycles. The second-order valence-electron chi connectivity index (χ2n) is 5.93. The number of aromatic nitrogens is 1. The standard InChI is InChI=1S/C14H23N3O3S/c15-8-13-7-14(9-17(13)12-1-2-12)21(18,19)16-5-3-11-4-6-20-10-11/h7,9,11-12,16H,1-6,8,10,15H2. The number of rotatable bonds is 7. The average molecular weight is 313 g/mol. The molecular formula is C14H23N3O3S. The van der Waals surface area contributed by atoms with E-state index in [9.17, 15) is 8.42 Å². The molecule has 1 aliphatic heterocycles. The van der Waals surface area contributed by atoms with Crippen LogP contribution in [0.3, 0.4) is 0 Å². The van der Waals surface area contributed by atoms with Gasteiger partial charge in [-0.05, 0) is 37.7 Å². The van der Waals surface area contributed by atoms with E-state index in [0.717, 1.165) is 44.6 Å². The van der Waals surface area contributed by atoms with E-state index < -0.39 is 10.0 Å². The molecule has 2 aliphatic rings. The van der Waals surface area contributed by atoms with Gasteiger partial charge in [-0.2, -0.15) is 0 Å². The Morgan fingerprint density at radius 3 is 2.81 bits per heavy atom. The van der Waals surface area contributed by atoms with E-state index in [-0.39, 0.29) is 0 Å². The lowest BCUT2D eigenvalue weighted by Crippen LogP contribution is -2.26. The molecule has 0 spiro atoms. The highest BCUT2D eigenvalue weighted by atomic mass is 32.2. The molecule has 0 bridgehead atoms. The monoisotopic (exact) mass is 313 g/mol. The van der Waals surface area contributed by atoms with Crippen molar-refractivity contribution in [3.8, 4) is 0 Å². The molecule has 1 aliphatic carbocycles. The number of sulfonamides is 1. The fourth-order valence-corrected chi connectivity index (χ4v) is 3.89. The maximum absolute atomic E-state index is 12.3. The first-order valence-electron chi connectivity index (χ1n) is 7.58. The van der Waals surface area contributed by atoms with Crippen molar-refractivity contribution in [2.75, 3.05) is 19.8 Å². The van der Waals surface area contributed by atoms with E-state index in [1.165, 1.54) is 0 Å². The van der Waals surface area contributed by atoms with Gasteiger partial charge in [0, 0.05) is 44.2 Å². The third-order valence-electron chi connectivity index (χ3n) is 4.24. The van der Waals surface area contributed by atoms with Gasteiger partial charge in [0.05, 0.1) is 4.90 Å². The Bertz CT molecular complexity index is 587. The van der Waals surface area contributed by atoms with E-state index in [4.69, 9.17) is 10.5 Å². The van der Waals surface area contributed by atoms with Crippen LogP contribution >= 0.6 is 0 Å². The minimum atomic E-state index is -3.44. The van der Waals surface area contributed by atoms with Gasteiger partial charge in [0.2, 0.25) is 10.0 Å². The molecule has 2 fully saturated rings. The first kappa shape index (κ1) is 15.0. The Hall–Kier alpha value is -0.890. The number of nitrogens with zero attached hydrogens (tertiary/aromatic N) is 1. The number of nitrogens with two attached hydrogens (primary N) is 1. The minimum Gasteiger partial charge on any atom is -0.381 e. The first-order chi connectivity index (χ1) is 10.1. The van der Waals surface area contributed by atoms with Crippen LogP contribution < -0.4 is 10.5 Å². The molecule has 6 nitrogen and oxygen atoms in total. The van der Waals surface area contributed by atoms with E-state index in [1.807, 2.05) is 4.57 Å². The lowest BCUT2D eigenvalue weighted by molar-refractivity contribution is 0.184. The van der Waals surface area contributed by atoms with Gasteiger partial charge in [0.25, 0.3) is 0 Å². The third kappa shape index (κ3) is 3.48. The van der Waals surface area contributed by atoms with Gasteiger partial charge in [-0.25, -0.2) is 13.1 Å². The molecule has 1 aromatic heterocycles. The van der Waals surface area contributed by atoms with E-state index >= 15 is 0 Å². The van der Waals surface area contributed by atoms with Crippen molar-refractivity contribution in [3.63, 3.8) is 0 Å². The quantitative estimate of drug-likeness (QED) is 0.786. The lowest BCUT2D eigenvalue weighted by atomic mass is 10.1. The van der Waals surface area contributed by atoms with Crippen molar-refractivity contribution < 1.29 is 13.2 Å². The summed E-state index contributed by atoms with van der Waals surface area (Å²) in [5.74, 6) is 0.475. The predicted octanol–water partition coefficient (Wildman–Crippen LogP) is 0.987. The molecule has 0 radical (unpaired) electrons. The molecular weight excluding hydrogens is 290 g/mol. The zero-order valence-electron chi connectivity index (χ0n) is 12.1. The molecule has 21 heavy (non-hydrogen) atoms. The van der Waals surface area contributed by atoms with Crippen LogP contribution in [0.2, 0.25) is 0 Å². The van der Waals surface area contributed by atoms with Gasteiger partial charge in [-0.15, -0.1) is 0 Å². The van der Waals surface area contributed by atoms with Gasteiger partial charge in [0.1, 0.15) is 0 Å². The summed E-state index contributed by atoms with van der Waals surface area (Å²) in [6.45, 7) is 2.37. The summed E-state index contributed by atoms with van der Waals surface area (Å²) in [6, 6.07) is 2.13. The topological polar surface area (TPSA) is 86.3 Å². The second kappa shape index (κ2) is 6.08. The summed E-state index contributed by atoms with van der Waals surface area (Å²) < 4.78 is 34.7. The summed E-state index contributed by atoms with van der Waals surface area (Å²) in [5, 5.41) is 0. The number of hydrogen-bond acceptors (Lipinski definition) is 4. The molecule has 7 heteroatoms. The summed E-state index contributed by atoms with van der Waals surface area (Å²) in [6.07, 6.45) is 5.79. The third-order valence-corrected chi connectivity index (χ3v) is 5.66. The first-order valence-corrected chi connectivity index (χ1v) is 9.06. The minimum absolute atomic E-state index is 0.331.